The van der Waals surface area contributed by atoms with Crippen LogP contribution in [-0.2, 0) is 25.6 Å². The minimum absolute atomic E-state index is 0.0641. The lowest BCUT2D eigenvalue weighted by atomic mass is 10.1. The van der Waals surface area contributed by atoms with Crippen LogP contribution < -0.4 is 10.6 Å². The van der Waals surface area contributed by atoms with Gasteiger partial charge in [0.15, 0.2) is 0 Å². The Morgan fingerprint density at radius 3 is 2.52 bits per heavy atom. The number of benzene rings is 1. The number of carboxylic acid groups (broad SMARTS) is 1. The first-order valence-corrected chi connectivity index (χ1v) is 12.8. The van der Waals surface area contributed by atoms with Crippen LogP contribution in [0, 0.1) is 6.92 Å². The number of hydrogen-bond acceptors (Lipinski definition) is 9. The molecule has 1 aromatic carbocycles. The van der Waals surface area contributed by atoms with Crippen LogP contribution in [-0.4, -0.2) is 81.1 Å². The number of imidazole rings is 1. The number of hydrogen-bond donors (Lipinski definition) is 3. The van der Waals surface area contributed by atoms with E-state index in [1.807, 2.05) is 31.2 Å². The summed E-state index contributed by atoms with van der Waals surface area (Å²) in [7, 11) is 1.64. The summed E-state index contributed by atoms with van der Waals surface area (Å²) in [6.45, 7) is 4.95. The number of aliphatic carboxylic acids is 1. The molecular formula is C27H32F3N7O5. The molecule has 226 valence electrons. The van der Waals surface area contributed by atoms with Gasteiger partial charge in [0.05, 0.1) is 18.3 Å². The van der Waals surface area contributed by atoms with Gasteiger partial charge in [0.25, 0.3) is 0 Å². The van der Waals surface area contributed by atoms with Gasteiger partial charge in [0.2, 0.25) is 18.6 Å². The van der Waals surface area contributed by atoms with Crippen molar-refractivity contribution in [3.63, 3.8) is 0 Å². The molecule has 12 nitrogen and oxygen atoms in total. The number of carbonyl (C=O) groups is 2. The fraction of sp³-hybridized carbons (Fsp3) is 0.370. The average molecular weight is 592 g/mol. The largest absolute Gasteiger partial charge is 0.490 e. The Hall–Kier alpha value is -4.50. The van der Waals surface area contributed by atoms with Crippen molar-refractivity contribution in [3.8, 4) is 5.95 Å². The van der Waals surface area contributed by atoms with Gasteiger partial charge in [-0.2, -0.15) is 13.2 Å². The second kappa shape index (κ2) is 15.5. The van der Waals surface area contributed by atoms with Crippen molar-refractivity contribution in [1.29, 1.82) is 0 Å². The number of rotatable bonds is 12. The number of nitrogens with zero attached hydrogens (tertiary/aromatic N) is 5. The van der Waals surface area contributed by atoms with E-state index in [0.717, 1.165) is 30.2 Å². The fourth-order valence-electron chi connectivity index (χ4n) is 3.84. The second-order valence-corrected chi connectivity index (χ2v) is 9.10. The van der Waals surface area contributed by atoms with Crippen LogP contribution >= 0.6 is 0 Å². The van der Waals surface area contributed by atoms with Crippen molar-refractivity contribution in [3.05, 3.63) is 84.1 Å². The summed E-state index contributed by atoms with van der Waals surface area (Å²) in [5.41, 5.74) is 2.79. The Kier molecular flexibility index (Phi) is 11.8. The highest BCUT2D eigenvalue weighted by Gasteiger charge is 2.38. The zero-order valence-corrected chi connectivity index (χ0v) is 23.0. The molecule has 1 aliphatic heterocycles. The van der Waals surface area contributed by atoms with E-state index in [2.05, 4.69) is 37.6 Å². The van der Waals surface area contributed by atoms with E-state index in [-0.39, 0.29) is 25.2 Å². The Morgan fingerprint density at radius 1 is 1.19 bits per heavy atom. The summed E-state index contributed by atoms with van der Waals surface area (Å²) >= 11 is 0. The summed E-state index contributed by atoms with van der Waals surface area (Å²) < 4.78 is 44.3. The third-order valence-corrected chi connectivity index (χ3v) is 5.84. The SMILES string of the molecule is CNC(=O)CC(NCCN(CC1=COCO1)Cc1ccccc1)c1cc(C)nc(-n2ccnc2)n1.O=C(O)C(F)(F)F. The number of alkyl halides is 3. The molecule has 0 saturated carbocycles. The Morgan fingerprint density at radius 2 is 1.93 bits per heavy atom. The minimum Gasteiger partial charge on any atom is -0.475 e. The molecule has 0 spiro atoms. The Balaban J connectivity index is 0.000000616. The zero-order chi connectivity index (χ0) is 30.5. The van der Waals surface area contributed by atoms with Crippen molar-refractivity contribution >= 4 is 11.9 Å². The third kappa shape index (κ3) is 10.5. The van der Waals surface area contributed by atoms with Crippen LogP contribution in [0.1, 0.15) is 29.4 Å². The number of carbonyl (C=O) groups excluding carboxylic acids is 1. The van der Waals surface area contributed by atoms with Crippen molar-refractivity contribution < 1.29 is 37.3 Å². The van der Waals surface area contributed by atoms with E-state index >= 15 is 0 Å². The number of ether oxygens (including phenoxy) is 2. The summed E-state index contributed by atoms with van der Waals surface area (Å²) in [5, 5.41) is 13.4. The summed E-state index contributed by atoms with van der Waals surface area (Å²) in [6, 6.07) is 11.9. The van der Waals surface area contributed by atoms with Crippen LogP contribution in [0.5, 0.6) is 0 Å². The van der Waals surface area contributed by atoms with Gasteiger partial charge in [0, 0.05) is 51.2 Å². The second-order valence-electron chi connectivity index (χ2n) is 9.10. The van der Waals surface area contributed by atoms with Crippen molar-refractivity contribution in [2.45, 2.75) is 32.1 Å². The number of nitrogens with one attached hydrogen (secondary N) is 2. The molecule has 0 bridgehead atoms. The molecule has 1 unspecified atom stereocenters. The molecule has 15 heteroatoms. The molecular weight excluding hydrogens is 559 g/mol. The van der Waals surface area contributed by atoms with Gasteiger partial charge in [0.1, 0.15) is 18.3 Å². The lowest BCUT2D eigenvalue weighted by Crippen LogP contribution is -2.36. The number of aromatic nitrogens is 4. The molecule has 2 aromatic heterocycles. The molecule has 3 N–H and O–H groups in total. The van der Waals surface area contributed by atoms with Crippen molar-refractivity contribution in [2.75, 3.05) is 33.5 Å². The number of aryl methyl sites for hydroxylation is 1. The summed E-state index contributed by atoms with van der Waals surface area (Å²) in [5.74, 6) is -1.49. The maximum absolute atomic E-state index is 12.3. The minimum atomic E-state index is -5.08. The molecule has 1 atom stereocenters. The Bertz CT molecular complexity index is 1320. The topological polar surface area (TPSA) is 144 Å². The standard InChI is InChI=1S/C25H31N7O3.C2HF3O2/c1-19-12-23(30-25(29-19)32-11-8-27-17-32)22(13-24(33)26-2)28-9-10-31(15-21-16-34-18-35-21)14-20-6-4-3-5-7-20;3-2(4,5)1(6)7/h3-8,11-12,16-17,22,28H,9-10,13-15,18H2,1-2H3,(H,26,33);(H,6,7). The molecule has 1 amide bonds. The molecule has 0 saturated heterocycles. The lowest BCUT2D eigenvalue weighted by Gasteiger charge is -2.24. The van der Waals surface area contributed by atoms with Crippen molar-refractivity contribution in [1.82, 2.24) is 35.1 Å². The summed E-state index contributed by atoms with van der Waals surface area (Å²) in [6.07, 6.45) is 1.98. The fourth-order valence-corrected chi connectivity index (χ4v) is 3.84. The number of carboxylic acids is 1. The molecule has 4 rings (SSSR count). The number of amides is 1. The zero-order valence-electron chi connectivity index (χ0n) is 23.0. The highest BCUT2D eigenvalue weighted by molar-refractivity contribution is 5.76. The van der Waals surface area contributed by atoms with Gasteiger partial charge < -0.3 is 25.2 Å². The van der Waals surface area contributed by atoms with E-state index < -0.39 is 12.1 Å². The molecule has 1 aliphatic rings. The van der Waals surface area contributed by atoms with E-state index in [0.29, 0.717) is 19.0 Å². The predicted molar refractivity (Wildman–Crippen MR) is 144 cm³/mol. The van der Waals surface area contributed by atoms with Crippen LogP contribution in [0.15, 0.2) is 67.1 Å². The molecule has 42 heavy (non-hydrogen) atoms. The van der Waals surface area contributed by atoms with Gasteiger partial charge in [-0.05, 0) is 18.6 Å². The highest BCUT2D eigenvalue weighted by Crippen LogP contribution is 2.18. The van der Waals surface area contributed by atoms with Gasteiger partial charge in [-0.25, -0.2) is 19.7 Å². The molecule has 0 fully saturated rings. The van der Waals surface area contributed by atoms with Crippen LogP contribution in [0.2, 0.25) is 0 Å². The first-order chi connectivity index (χ1) is 20.0. The monoisotopic (exact) mass is 591 g/mol. The number of halogens is 3. The van der Waals surface area contributed by atoms with Crippen LogP contribution in [0.4, 0.5) is 13.2 Å². The van der Waals surface area contributed by atoms with E-state index in [1.165, 1.54) is 5.56 Å². The van der Waals surface area contributed by atoms with Gasteiger partial charge in [-0.3, -0.25) is 14.3 Å². The maximum atomic E-state index is 12.3. The summed E-state index contributed by atoms with van der Waals surface area (Å²) in [4.78, 5) is 36.8. The molecule has 3 aromatic rings. The van der Waals surface area contributed by atoms with E-state index in [1.54, 1.807) is 36.6 Å². The van der Waals surface area contributed by atoms with E-state index in [4.69, 9.17) is 24.4 Å². The molecule has 0 aliphatic carbocycles. The lowest BCUT2D eigenvalue weighted by molar-refractivity contribution is -0.192. The molecule has 3 heterocycles. The highest BCUT2D eigenvalue weighted by atomic mass is 19.4. The smallest absolute Gasteiger partial charge is 0.475 e. The van der Waals surface area contributed by atoms with Gasteiger partial charge in [-0.1, -0.05) is 30.3 Å². The first-order valence-electron chi connectivity index (χ1n) is 12.8. The van der Waals surface area contributed by atoms with Crippen LogP contribution in [0.25, 0.3) is 5.95 Å². The first kappa shape index (κ1) is 32.0. The quantitative estimate of drug-likeness (QED) is 0.288. The van der Waals surface area contributed by atoms with Crippen molar-refractivity contribution in [2.24, 2.45) is 0 Å². The van der Waals surface area contributed by atoms with Gasteiger partial charge in [-0.15, -0.1) is 0 Å². The maximum Gasteiger partial charge on any atom is 0.490 e. The normalized spacial score (nSPS) is 13.3. The van der Waals surface area contributed by atoms with E-state index in [9.17, 15) is 18.0 Å². The van der Waals surface area contributed by atoms with Crippen LogP contribution in [0.3, 0.4) is 0 Å². The van der Waals surface area contributed by atoms with Gasteiger partial charge >= 0.3 is 12.1 Å². The molecule has 0 radical (unpaired) electrons. The predicted octanol–water partition coefficient (Wildman–Crippen LogP) is 2.72. The average Bonchev–Trinajstić information content (AvgIpc) is 3.67. The third-order valence-electron chi connectivity index (χ3n) is 5.84. The Labute approximate surface area is 240 Å².